The molecule has 2 amide bonds. The second kappa shape index (κ2) is 6.47. The third-order valence-corrected chi connectivity index (χ3v) is 4.44. The van der Waals surface area contributed by atoms with Crippen molar-refractivity contribution in [3.8, 4) is 0 Å². The fourth-order valence-electron chi connectivity index (χ4n) is 2.82. The van der Waals surface area contributed by atoms with Crippen molar-refractivity contribution in [2.45, 2.75) is 45.2 Å². The predicted octanol–water partition coefficient (Wildman–Crippen LogP) is 3.94. The Kier molecular flexibility index (Phi) is 4.88. The lowest BCUT2D eigenvalue weighted by Gasteiger charge is -2.28. The zero-order valence-electron chi connectivity index (χ0n) is 12.1. The first kappa shape index (κ1) is 15.8. The summed E-state index contributed by atoms with van der Waals surface area (Å²) >= 11 is 3.30. The lowest BCUT2D eigenvalue weighted by molar-refractivity contribution is 0.0698. The van der Waals surface area contributed by atoms with Crippen LogP contribution in [0.5, 0.6) is 0 Å². The predicted molar refractivity (Wildman–Crippen MR) is 84.7 cm³/mol. The number of aromatic carboxylic acids is 1. The minimum Gasteiger partial charge on any atom is -0.478 e. The number of amides is 2. The zero-order valence-corrected chi connectivity index (χ0v) is 13.7. The Morgan fingerprint density at radius 1 is 1.43 bits per heavy atom. The number of likely N-dealkylation sites (tertiary alicyclic amines) is 1. The van der Waals surface area contributed by atoms with Crippen LogP contribution >= 0.6 is 15.9 Å². The lowest BCUT2D eigenvalue weighted by atomic mass is 10.1. The van der Waals surface area contributed by atoms with E-state index in [0.29, 0.717) is 5.69 Å². The highest BCUT2D eigenvalue weighted by Gasteiger charge is 2.33. The molecule has 2 rings (SSSR count). The molecule has 0 saturated carbocycles. The molecule has 1 saturated heterocycles. The average Bonchev–Trinajstić information content (AvgIpc) is 2.79. The van der Waals surface area contributed by atoms with Gasteiger partial charge in [0, 0.05) is 16.6 Å². The monoisotopic (exact) mass is 354 g/mol. The molecule has 114 valence electrons. The van der Waals surface area contributed by atoms with Gasteiger partial charge in [-0.1, -0.05) is 22.9 Å². The number of hydrogen-bond donors (Lipinski definition) is 2. The number of halogens is 1. The number of carboxylic acid groups (broad SMARTS) is 1. The standard InChI is InChI=1S/C15H19BrN2O3/c1-3-11-6-4-9(2)18(11)15(21)17-13-8-10(16)5-7-12(13)14(19)20/h5,7-9,11H,3-4,6H2,1-2H3,(H,17,21)(H,19,20). The van der Waals surface area contributed by atoms with Gasteiger partial charge in [-0.3, -0.25) is 0 Å². The molecule has 5 nitrogen and oxygen atoms in total. The number of anilines is 1. The van der Waals surface area contributed by atoms with E-state index >= 15 is 0 Å². The Hall–Kier alpha value is -1.56. The maximum atomic E-state index is 12.5. The van der Waals surface area contributed by atoms with Crippen molar-refractivity contribution in [2.75, 3.05) is 5.32 Å². The van der Waals surface area contributed by atoms with E-state index in [1.807, 2.05) is 11.8 Å². The molecule has 1 fully saturated rings. The highest BCUT2D eigenvalue weighted by molar-refractivity contribution is 9.10. The van der Waals surface area contributed by atoms with Crippen molar-refractivity contribution >= 4 is 33.6 Å². The summed E-state index contributed by atoms with van der Waals surface area (Å²) in [6.07, 6.45) is 2.88. The minimum absolute atomic E-state index is 0.0893. The van der Waals surface area contributed by atoms with Crippen LogP contribution in [-0.4, -0.2) is 34.1 Å². The number of carbonyl (C=O) groups is 2. The van der Waals surface area contributed by atoms with E-state index in [1.54, 1.807) is 12.1 Å². The molecule has 1 aliphatic heterocycles. The van der Waals surface area contributed by atoms with Crippen LogP contribution in [0.2, 0.25) is 0 Å². The first-order valence-electron chi connectivity index (χ1n) is 7.06. The Balaban J connectivity index is 2.23. The summed E-state index contributed by atoms with van der Waals surface area (Å²) in [6.45, 7) is 4.08. The molecule has 1 heterocycles. The van der Waals surface area contributed by atoms with E-state index in [9.17, 15) is 14.7 Å². The van der Waals surface area contributed by atoms with Crippen LogP contribution in [0, 0.1) is 0 Å². The van der Waals surface area contributed by atoms with Crippen molar-refractivity contribution in [3.05, 3.63) is 28.2 Å². The fourth-order valence-corrected chi connectivity index (χ4v) is 3.19. The number of rotatable bonds is 3. The lowest BCUT2D eigenvalue weighted by Crippen LogP contribution is -2.42. The molecule has 0 aliphatic carbocycles. The highest BCUT2D eigenvalue weighted by atomic mass is 79.9. The van der Waals surface area contributed by atoms with Gasteiger partial charge >= 0.3 is 12.0 Å². The van der Waals surface area contributed by atoms with E-state index in [2.05, 4.69) is 28.2 Å². The van der Waals surface area contributed by atoms with Crippen LogP contribution in [0.1, 0.15) is 43.5 Å². The number of nitrogens with zero attached hydrogens (tertiary/aromatic N) is 1. The number of urea groups is 1. The molecule has 1 aromatic carbocycles. The van der Waals surface area contributed by atoms with Crippen molar-refractivity contribution < 1.29 is 14.7 Å². The van der Waals surface area contributed by atoms with Crippen molar-refractivity contribution in [1.82, 2.24) is 4.90 Å². The summed E-state index contributed by atoms with van der Waals surface area (Å²) in [5, 5.41) is 12.0. The minimum atomic E-state index is -1.06. The average molecular weight is 355 g/mol. The van der Waals surface area contributed by atoms with Gasteiger partial charge in [-0.05, 0) is 44.4 Å². The van der Waals surface area contributed by atoms with Crippen LogP contribution in [0.4, 0.5) is 10.5 Å². The molecule has 2 unspecified atom stereocenters. The van der Waals surface area contributed by atoms with Gasteiger partial charge in [0.1, 0.15) is 0 Å². The molecule has 1 aliphatic rings. The molecule has 0 bridgehead atoms. The molecular weight excluding hydrogens is 336 g/mol. The third kappa shape index (κ3) is 3.37. The second-order valence-corrected chi connectivity index (χ2v) is 6.24. The Labute approximate surface area is 132 Å². The van der Waals surface area contributed by atoms with Crippen LogP contribution < -0.4 is 5.32 Å². The van der Waals surface area contributed by atoms with Gasteiger partial charge in [0.2, 0.25) is 0 Å². The molecule has 2 N–H and O–H groups in total. The molecule has 6 heteroatoms. The maximum Gasteiger partial charge on any atom is 0.337 e. The van der Waals surface area contributed by atoms with Crippen molar-refractivity contribution in [3.63, 3.8) is 0 Å². The zero-order chi connectivity index (χ0) is 15.6. The molecule has 0 spiro atoms. The molecule has 0 radical (unpaired) electrons. The van der Waals surface area contributed by atoms with Gasteiger partial charge in [-0.15, -0.1) is 0 Å². The van der Waals surface area contributed by atoms with Gasteiger partial charge in [-0.25, -0.2) is 9.59 Å². The van der Waals surface area contributed by atoms with E-state index in [-0.39, 0.29) is 23.7 Å². The quantitative estimate of drug-likeness (QED) is 0.863. The smallest absolute Gasteiger partial charge is 0.337 e. The first-order valence-corrected chi connectivity index (χ1v) is 7.85. The summed E-state index contributed by atoms with van der Waals surface area (Å²) in [5.41, 5.74) is 0.405. The fraction of sp³-hybridized carbons (Fsp3) is 0.467. The van der Waals surface area contributed by atoms with Crippen LogP contribution in [0.15, 0.2) is 22.7 Å². The number of nitrogens with one attached hydrogen (secondary N) is 1. The summed E-state index contributed by atoms with van der Waals surface area (Å²) in [4.78, 5) is 25.6. The summed E-state index contributed by atoms with van der Waals surface area (Å²) in [5.74, 6) is -1.06. The third-order valence-electron chi connectivity index (χ3n) is 3.95. The first-order chi connectivity index (χ1) is 9.93. The van der Waals surface area contributed by atoms with Gasteiger partial charge in [0.05, 0.1) is 11.3 Å². The Morgan fingerprint density at radius 2 is 2.14 bits per heavy atom. The van der Waals surface area contributed by atoms with Gasteiger partial charge in [0.25, 0.3) is 0 Å². The normalized spacial score (nSPS) is 21.4. The summed E-state index contributed by atoms with van der Waals surface area (Å²) < 4.78 is 0.726. The maximum absolute atomic E-state index is 12.5. The molecule has 21 heavy (non-hydrogen) atoms. The van der Waals surface area contributed by atoms with Crippen molar-refractivity contribution in [2.24, 2.45) is 0 Å². The van der Waals surface area contributed by atoms with E-state index < -0.39 is 5.97 Å². The molecular formula is C15H19BrN2O3. The molecule has 1 aromatic rings. The van der Waals surface area contributed by atoms with Crippen LogP contribution in [0.3, 0.4) is 0 Å². The van der Waals surface area contributed by atoms with Gasteiger partial charge in [0.15, 0.2) is 0 Å². The molecule has 0 aromatic heterocycles. The Bertz CT molecular complexity index is 562. The van der Waals surface area contributed by atoms with Crippen molar-refractivity contribution in [1.29, 1.82) is 0 Å². The number of carbonyl (C=O) groups excluding carboxylic acids is 1. The van der Waals surface area contributed by atoms with E-state index in [4.69, 9.17) is 0 Å². The van der Waals surface area contributed by atoms with Gasteiger partial charge < -0.3 is 15.3 Å². The SMILES string of the molecule is CCC1CCC(C)N1C(=O)Nc1cc(Br)ccc1C(=O)O. The van der Waals surface area contributed by atoms with Gasteiger partial charge in [-0.2, -0.15) is 0 Å². The van der Waals surface area contributed by atoms with E-state index in [1.165, 1.54) is 6.07 Å². The number of hydrogen-bond acceptors (Lipinski definition) is 2. The summed E-state index contributed by atoms with van der Waals surface area (Å²) in [7, 11) is 0. The number of benzene rings is 1. The Morgan fingerprint density at radius 3 is 2.76 bits per heavy atom. The van der Waals surface area contributed by atoms with Crippen LogP contribution in [-0.2, 0) is 0 Å². The van der Waals surface area contributed by atoms with Crippen LogP contribution in [0.25, 0.3) is 0 Å². The summed E-state index contributed by atoms with van der Waals surface area (Å²) in [6, 6.07) is 4.91. The number of carboxylic acids is 1. The largest absolute Gasteiger partial charge is 0.478 e. The topological polar surface area (TPSA) is 69.6 Å². The molecule has 2 atom stereocenters. The second-order valence-electron chi connectivity index (χ2n) is 5.32. The highest BCUT2D eigenvalue weighted by Crippen LogP contribution is 2.28. The van der Waals surface area contributed by atoms with E-state index in [0.717, 1.165) is 23.7 Å².